The summed E-state index contributed by atoms with van der Waals surface area (Å²) >= 11 is 0. The van der Waals surface area contributed by atoms with Crippen molar-refractivity contribution in [2.24, 2.45) is 0 Å². The summed E-state index contributed by atoms with van der Waals surface area (Å²) in [5, 5.41) is 2.21. The van der Waals surface area contributed by atoms with E-state index in [2.05, 4.69) is 110 Å². The molecular formula is C39H32IrN2O-2. The Kier molecular flexibility index (Phi) is 9.30. The smallest absolute Gasteiger partial charge is 0.128 e. The Hall–Kier alpha value is -4.37. The quantitative estimate of drug-likeness (QED) is 0.169. The molecule has 0 saturated heterocycles. The van der Waals surface area contributed by atoms with Crippen molar-refractivity contribution in [1.29, 1.82) is 0 Å². The SMILES string of the molecule is Cc1ccc(-c2[c-]cc(C(C)C)cc2)nc1.Cc1cccnc1-c1[c-]ccc2c1oc1c(-c3ccccc3)cccc12.[Ir]. The summed E-state index contributed by atoms with van der Waals surface area (Å²) in [4.78, 5) is 8.95. The summed E-state index contributed by atoms with van der Waals surface area (Å²) in [6, 6.07) is 41.7. The molecule has 43 heavy (non-hydrogen) atoms. The van der Waals surface area contributed by atoms with Crippen LogP contribution in [0.1, 0.15) is 36.5 Å². The summed E-state index contributed by atoms with van der Waals surface area (Å²) in [6.45, 7) is 8.48. The molecule has 0 aliphatic rings. The second-order valence-electron chi connectivity index (χ2n) is 10.8. The van der Waals surface area contributed by atoms with Gasteiger partial charge < -0.3 is 14.4 Å². The molecule has 0 fully saturated rings. The number of furan rings is 1. The number of pyridine rings is 2. The van der Waals surface area contributed by atoms with Gasteiger partial charge in [0.1, 0.15) is 5.58 Å². The number of fused-ring (bicyclic) bond motifs is 3. The maximum Gasteiger partial charge on any atom is 0.128 e. The first-order valence-corrected chi connectivity index (χ1v) is 14.3. The molecular weight excluding hydrogens is 705 g/mol. The number of benzene rings is 4. The Labute approximate surface area is 267 Å². The number of aromatic nitrogens is 2. The van der Waals surface area contributed by atoms with E-state index in [1.807, 2.05) is 55.7 Å². The van der Waals surface area contributed by atoms with E-state index in [4.69, 9.17) is 4.42 Å². The zero-order valence-corrected chi connectivity index (χ0v) is 27.1. The number of rotatable bonds is 4. The molecule has 0 unspecified atom stereocenters. The van der Waals surface area contributed by atoms with Crippen molar-refractivity contribution < 1.29 is 24.5 Å². The van der Waals surface area contributed by atoms with Gasteiger partial charge in [-0.05, 0) is 42.4 Å². The fourth-order valence-corrected chi connectivity index (χ4v) is 5.11. The molecule has 7 aromatic rings. The van der Waals surface area contributed by atoms with E-state index in [1.54, 1.807) is 0 Å². The molecule has 3 nitrogen and oxygen atoms in total. The van der Waals surface area contributed by atoms with Gasteiger partial charge in [0.25, 0.3) is 0 Å². The molecule has 4 heteroatoms. The topological polar surface area (TPSA) is 38.9 Å². The summed E-state index contributed by atoms with van der Waals surface area (Å²) < 4.78 is 6.41. The van der Waals surface area contributed by atoms with Gasteiger partial charge in [0.15, 0.2) is 0 Å². The van der Waals surface area contributed by atoms with E-state index in [-0.39, 0.29) is 20.1 Å². The summed E-state index contributed by atoms with van der Waals surface area (Å²) in [5.74, 6) is 0.552. The normalized spacial score (nSPS) is 10.8. The van der Waals surface area contributed by atoms with Gasteiger partial charge in [-0.2, -0.15) is 0 Å². The monoisotopic (exact) mass is 737 g/mol. The molecule has 3 heterocycles. The van der Waals surface area contributed by atoms with Crippen LogP contribution >= 0.6 is 0 Å². The standard InChI is InChI=1S/C24H16NO.C15H16N.Ir/c1-16-8-7-15-25-22(16)21-14-6-13-20-19-12-5-11-18(23(19)26-24(20)21)17-9-3-2-4-10-17;1-11(2)13-5-7-14(8-6-13)15-9-4-12(3)10-16-15;/h2-13,15H,1H3;4-7,9-11H,1-3H3;/q2*-1;. The number of nitrogens with zero attached hydrogens (tertiary/aromatic N) is 2. The van der Waals surface area contributed by atoms with E-state index < -0.39 is 0 Å². The molecule has 0 spiro atoms. The van der Waals surface area contributed by atoms with E-state index in [0.717, 1.165) is 61.1 Å². The first-order chi connectivity index (χ1) is 20.5. The molecule has 4 aromatic carbocycles. The molecule has 1 radical (unpaired) electrons. The first kappa shape index (κ1) is 30.1. The van der Waals surface area contributed by atoms with Crippen LogP contribution in [0.15, 0.2) is 120 Å². The zero-order valence-electron chi connectivity index (χ0n) is 24.7. The van der Waals surface area contributed by atoms with Crippen LogP contribution < -0.4 is 0 Å². The molecule has 0 amide bonds. The molecule has 0 bridgehead atoms. The van der Waals surface area contributed by atoms with Crippen LogP contribution in [0.25, 0.3) is 55.6 Å². The Bertz CT molecular complexity index is 1960. The third-order valence-electron chi connectivity index (χ3n) is 7.48. The maximum atomic E-state index is 6.41. The summed E-state index contributed by atoms with van der Waals surface area (Å²) in [5.41, 5.74) is 11.5. The summed E-state index contributed by atoms with van der Waals surface area (Å²) in [6.07, 6.45) is 3.70. The molecule has 7 rings (SSSR count). The van der Waals surface area contributed by atoms with Crippen molar-refractivity contribution in [3.63, 3.8) is 0 Å². The van der Waals surface area contributed by atoms with E-state index in [0.29, 0.717) is 5.92 Å². The van der Waals surface area contributed by atoms with E-state index in [1.165, 1.54) is 11.1 Å². The minimum Gasteiger partial charge on any atom is -0.500 e. The number of aryl methyl sites for hydroxylation is 2. The average molecular weight is 737 g/mol. The van der Waals surface area contributed by atoms with Gasteiger partial charge in [-0.1, -0.05) is 103 Å². The third-order valence-corrected chi connectivity index (χ3v) is 7.48. The molecule has 0 N–H and O–H groups in total. The second-order valence-corrected chi connectivity index (χ2v) is 10.8. The fraction of sp³-hybridized carbons (Fsp3) is 0.128. The number of hydrogen-bond donors (Lipinski definition) is 0. The van der Waals surface area contributed by atoms with Crippen molar-refractivity contribution in [3.05, 3.63) is 144 Å². The van der Waals surface area contributed by atoms with Gasteiger partial charge in [0.05, 0.1) is 5.58 Å². The van der Waals surface area contributed by atoms with Crippen molar-refractivity contribution >= 4 is 21.9 Å². The van der Waals surface area contributed by atoms with Gasteiger partial charge in [-0.25, -0.2) is 0 Å². The first-order valence-electron chi connectivity index (χ1n) is 14.3. The minimum atomic E-state index is 0. The van der Waals surface area contributed by atoms with Crippen LogP contribution in [0.3, 0.4) is 0 Å². The number of para-hydroxylation sites is 1. The maximum absolute atomic E-state index is 6.41. The fourth-order valence-electron chi connectivity index (χ4n) is 5.11. The summed E-state index contributed by atoms with van der Waals surface area (Å²) in [7, 11) is 0. The Morgan fingerprint density at radius 2 is 1.53 bits per heavy atom. The van der Waals surface area contributed by atoms with Crippen LogP contribution in [-0.4, -0.2) is 9.97 Å². The van der Waals surface area contributed by atoms with Crippen LogP contribution in [0, 0.1) is 26.0 Å². The van der Waals surface area contributed by atoms with Crippen molar-refractivity contribution in [1.82, 2.24) is 9.97 Å². The van der Waals surface area contributed by atoms with E-state index >= 15 is 0 Å². The Morgan fingerprint density at radius 1 is 0.721 bits per heavy atom. The molecule has 0 aliphatic heterocycles. The van der Waals surface area contributed by atoms with Gasteiger partial charge in [0.2, 0.25) is 0 Å². The zero-order chi connectivity index (χ0) is 29.1. The average Bonchev–Trinajstić information content (AvgIpc) is 3.42. The van der Waals surface area contributed by atoms with Gasteiger partial charge in [0, 0.05) is 43.4 Å². The predicted octanol–water partition coefficient (Wildman–Crippen LogP) is 10.4. The predicted molar refractivity (Wildman–Crippen MR) is 173 cm³/mol. The minimum absolute atomic E-state index is 0. The van der Waals surface area contributed by atoms with Gasteiger partial charge in [-0.15, -0.1) is 53.6 Å². The molecule has 0 saturated carbocycles. The Morgan fingerprint density at radius 3 is 2.23 bits per heavy atom. The van der Waals surface area contributed by atoms with Crippen molar-refractivity contribution in [3.8, 4) is 33.6 Å². The molecule has 0 aliphatic carbocycles. The van der Waals surface area contributed by atoms with Crippen molar-refractivity contribution in [2.75, 3.05) is 0 Å². The van der Waals surface area contributed by atoms with Crippen LogP contribution in [-0.2, 0) is 20.1 Å². The van der Waals surface area contributed by atoms with Gasteiger partial charge >= 0.3 is 0 Å². The van der Waals surface area contributed by atoms with Crippen LogP contribution in [0.5, 0.6) is 0 Å². The Balaban J connectivity index is 0.000000188. The number of hydrogen-bond acceptors (Lipinski definition) is 3. The molecule has 3 aromatic heterocycles. The molecule has 215 valence electrons. The van der Waals surface area contributed by atoms with E-state index in [9.17, 15) is 0 Å². The molecule has 0 atom stereocenters. The second kappa shape index (κ2) is 13.3. The van der Waals surface area contributed by atoms with Gasteiger partial charge in [-0.3, -0.25) is 0 Å². The van der Waals surface area contributed by atoms with Crippen LogP contribution in [0.4, 0.5) is 0 Å². The third kappa shape index (κ3) is 6.37. The van der Waals surface area contributed by atoms with Crippen LogP contribution in [0.2, 0.25) is 0 Å². The largest absolute Gasteiger partial charge is 0.500 e. The van der Waals surface area contributed by atoms with Crippen molar-refractivity contribution in [2.45, 2.75) is 33.6 Å².